The average molecular weight is 221 g/mol. The lowest BCUT2D eigenvalue weighted by Gasteiger charge is -2.12. The summed E-state index contributed by atoms with van der Waals surface area (Å²) in [6.07, 6.45) is 0. The van der Waals surface area contributed by atoms with Gasteiger partial charge in [0.15, 0.2) is 0 Å². The summed E-state index contributed by atoms with van der Waals surface area (Å²) in [4.78, 5) is 11.2. The number of hydrazine groups is 1. The normalized spacial score (nSPS) is 24.3. The van der Waals surface area contributed by atoms with Crippen LogP contribution in [0.4, 0.5) is 0 Å². The van der Waals surface area contributed by atoms with Gasteiger partial charge in [0.2, 0.25) is 10.0 Å². The van der Waals surface area contributed by atoms with E-state index in [1.807, 2.05) is 0 Å². The van der Waals surface area contributed by atoms with Crippen molar-refractivity contribution in [3.63, 3.8) is 0 Å². The van der Waals surface area contributed by atoms with Crippen molar-refractivity contribution in [3.8, 4) is 0 Å². The number of sulfonamides is 1. The van der Waals surface area contributed by atoms with Crippen molar-refractivity contribution < 1.29 is 13.2 Å². The molecule has 1 fully saturated rings. The monoisotopic (exact) mass is 221 g/mol. The summed E-state index contributed by atoms with van der Waals surface area (Å²) in [5.41, 5.74) is 2.50. The van der Waals surface area contributed by atoms with Crippen LogP contribution in [0.25, 0.3) is 0 Å². The number of amides is 1. The molecule has 1 saturated heterocycles. The van der Waals surface area contributed by atoms with E-state index in [1.54, 1.807) is 25.9 Å². The van der Waals surface area contributed by atoms with Crippen molar-refractivity contribution in [2.45, 2.75) is 25.1 Å². The third-order valence-electron chi connectivity index (χ3n) is 2.00. The lowest BCUT2D eigenvalue weighted by Crippen LogP contribution is -2.44. The van der Waals surface area contributed by atoms with Gasteiger partial charge in [-0.2, -0.15) is 0 Å². The smallest absolute Gasteiger partial charge is 0.253 e. The highest BCUT2D eigenvalue weighted by atomic mass is 32.2. The summed E-state index contributed by atoms with van der Waals surface area (Å²) >= 11 is 0. The number of carbonyl (C=O) groups is 1. The van der Waals surface area contributed by atoms with Gasteiger partial charge in [0, 0.05) is 13.6 Å². The fraction of sp³-hybridized carbons (Fsp3) is 0.857. The molecule has 82 valence electrons. The summed E-state index contributed by atoms with van der Waals surface area (Å²) in [5.74, 6) is -0.309. The van der Waals surface area contributed by atoms with E-state index in [-0.39, 0.29) is 5.91 Å². The molecule has 0 aliphatic carbocycles. The molecule has 1 atom stereocenters. The summed E-state index contributed by atoms with van der Waals surface area (Å²) in [6, 6.07) is -0.674. The summed E-state index contributed by atoms with van der Waals surface area (Å²) < 4.78 is 25.2. The Bertz CT molecular complexity index is 325. The Hall–Kier alpha value is -0.660. The first kappa shape index (κ1) is 11.4. The zero-order valence-electron chi connectivity index (χ0n) is 8.44. The first-order valence-electron chi connectivity index (χ1n) is 4.35. The predicted octanol–water partition coefficient (Wildman–Crippen LogP) is -1.34. The second-order valence-corrected chi connectivity index (χ2v) is 5.89. The van der Waals surface area contributed by atoms with Gasteiger partial charge in [0.1, 0.15) is 6.04 Å². The molecule has 1 aliphatic rings. The highest BCUT2D eigenvalue weighted by Gasteiger charge is 2.32. The van der Waals surface area contributed by atoms with Crippen molar-refractivity contribution in [1.82, 2.24) is 15.2 Å². The molecule has 14 heavy (non-hydrogen) atoms. The van der Waals surface area contributed by atoms with Crippen LogP contribution in [0.5, 0.6) is 0 Å². The molecule has 1 unspecified atom stereocenters. The molecule has 2 N–H and O–H groups in total. The molecule has 6 nitrogen and oxygen atoms in total. The number of carbonyl (C=O) groups excluding carboxylic acids is 1. The van der Waals surface area contributed by atoms with Crippen LogP contribution in [0.3, 0.4) is 0 Å². The molecule has 1 heterocycles. The molecule has 1 rings (SSSR count). The number of hydrogen-bond donors (Lipinski definition) is 2. The Labute approximate surface area is 83.7 Å². The third kappa shape index (κ3) is 2.43. The van der Waals surface area contributed by atoms with Crippen LogP contribution >= 0.6 is 0 Å². The molecule has 0 aromatic carbocycles. The first-order valence-corrected chi connectivity index (χ1v) is 5.90. The Balaban J connectivity index is 2.66. The second kappa shape index (κ2) is 3.84. The minimum absolute atomic E-state index is 0.309. The Morgan fingerprint density at radius 3 is 2.50 bits per heavy atom. The minimum atomic E-state index is -3.38. The number of hydrogen-bond acceptors (Lipinski definition) is 4. The number of nitrogens with one attached hydrogen (secondary N) is 2. The second-order valence-electron chi connectivity index (χ2n) is 3.62. The molecule has 0 aromatic rings. The van der Waals surface area contributed by atoms with Gasteiger partial charge in [0.25, 0.3) is 5.91 Å². The van der Waals surface area contributed by atoms with Gasteiger partial charge in [-0.25, -0.2) is 18.1 Å². The van der Waals surface area contributed by atoms with Gasteiger partial charge >= 0.3 is 0 Å². The van der Waals surface area contributed by atoms with Crippen LogP contribution in [0.2, 0.25) is 0 Å². The fourth-order valence-electron chi connectivity index (χ4n) is 1.09. The molecular formula is C7H15N3O3S. The number of rotatable bonds is 3. The Morgan fingerprint density at radius 2 is 2.14 bits per heavy atom. The zero-order chi connectivity index (χ0) is 10.9. The molecule has 0 spiro atoms. The van der Waals surface area contributed by atoms with E-state index in [0.717, 1.165) is 0 Å². The van der Waals surface area contributed by atoms with Gasteiger partial charge < -0.3 is 0 Å². The first-order chi connectivity index (χ1) is 6.33. The van der Waals surface area contributed by atoms with E-state index in [2.05, 4.69) is 10.1 Å². The van der Waals surface area contributed by atoms with Gasteiger partial charge in [-0.1, -0.05) is 0 Å². The van der Waals surface area contributed by atoms with E-state index in [4.69, 9.17) is 0 Å². The number of nitrogens with zero attached hydrogens (tertiary/aromatic N) is 1. The van der Waals surface area contributed by atoms with Crippen molar-refractivity contribution in [3.05, 3.63) is 0 Å². The van der Waals surface area contributed by atoms with Crippen LogP contribution in [0.15, 0.2) is 0 Å². The zero-order valence-corrected chi connectivity index (χ0v) is 9.26. The van der Waals surface area contributed by atoms with Crippen LogP contribution in [0.1, 0.15) is 13.8 Å². The molecule has 1 aliphatic heterocycles. The largest absolute Gasteiger partial charge is 0.288 e. The Morgan fingerprint density at radius 1 is 1.57 bits per heavy atom. The summed E-state index contributed by atoms with van der Waals surface area (Å²) in [6.45, 7) is 3.49. The molecule has 7 heteroatoms. The van der Waals surface area contributed by atoms with Crippen molar-refractivity contribution in [2.75, 3.05) is 13.6 Å². The third-order valence-corrected chi connectivity index (χ3v) is 3.86. The number of likely N-dealkylation sites (N-methyl/N-ethyl adjacent to an activating group) is 1. The van der Waals surface area contributed by atoms with Crippen LogP contribution < -0.4 is 10.1 Å². The summed E-state index contributed by atoms with van der Waals surface area (Å²) in [7, 11) is -1.69. The maximum Gasteiger partial charge on any atom is 0.253 e. The predicted molar refractivity (Wildman–Crippen MR) is 51.8 cm³/mol. The lowest BCUT2D eigenvalue weighted by atomic mass is 10.3. The van der Waals surface area contributed by atoms with E-state index in [9.17, 15) is 13.2 Å². The van der Waals surface area contributed by atoms with E-state index < -0.39 is 21.3 Å². The minimum Gasteiger partial charge on any atom is -0.288 e. The van der Waals surface area contributed by atoms with Gasteiger partial charge in [0.05, 0.1) is 5.25 Å². The topological polar surface area (TPSA) is 78.5 Å². The Kier molecular flexibility index (Phi) is 3.13. The average Bonchev–Trinajstić information content (AvgIpc) is 2.29. The van der Waals surface area contributed by atoms with Gasteiger partial charge in [-0.3, -0.25) is 10.2 Å². The van der Waals surface area contributed by atoms with Crippen LogP contribution in [0, 0.1) is 0 Å². The molecule has 0 radical (unpaired) electrons. The fourth-order valence-corrected chi connectivity index (χ4v) is 1.94. The van der Waals surface area contributed by atoms with Crippen molar-refractivity contribution in [2.24, 2.45) is 0 Å². The molecule has 0 aromatic heterocycles. The quantitative estimate of drug-likeness (QED) is 0.618. The van der Waals surface area contributed by atoms with Crippen LogP contribution in [-0.2, 0) is 14.8 Å². The molecule has 0 bridgehead atoms. The van der Waals surface area contributed by atoms with Gasteiger partial charge in [-0.05, 0) is 13.8 Å². The van der Waals surface area contributed by atoms with Crippen molar-refractivity contribution in [1.29, 1.82) is 0 Å². The van der Waals surface area contributed by atoms with E-state index in [1.165, 1.54) is 0 Å². The standard InChI is InChI=1S/C7H15N3O3S/c1-5(2)14(12,13)9-6-4-10(3)8-7(6)11/h5-6,9H,4H2,1-3H3,(H,8,11). The molecular weight excluding hydrogens is 206 g/mol. The highest BCUT2D eigenvalue weighted by Crippen LogP contribution is 2.03. The van der Waals surface area contributed by atoms with Gasteiger partial charge in [-0.15, -0.1) is 0 Å². The van der Waals surface area contributed by atoms with E-state index >= 15 is 0 Å². The van der Waals surface area contributed by atoms with Crippen LogP contribution in [-0.4, -0.2) is 44.2 Å². The molecule has 0 saturated carbocycles. The van der Waals surface area contributed by atoms with Crippen molar-refractivity contribution >= 4 is 15.9 Å². The molecule has 1 amide bonds. The van der Waals surface area contributed by atoms with E-state index in [0.29, 0.717) is 6.54 Å². The highest BCUT2D eigenvalue weighted by molar-refractivity contribution is 7.90. The lowest BCUT2D eigenvalue weighted by molar-refractivity contribution is -0.121. The maximum atomic E-state index is 11.4. The SMILES string of the molecule is CC(C)S(=O)(=O)NC1CN(C)NC1=O. The maximum absolute atomic E-state index is 11.4. The summed E-state index contributed by atoms with van der Waals surface area (Å²) in [5, 5.41) is 1.02.